The van der Waals surface area contributed by atoms with Crippen molar-refractivity contribution >= 4 is 17.3 Å². The SMILES string of the molecule is Nc1nccn2c([C@@H]3CCCN3)nc(-c3ccc(Oc4cccc(CC#CC(=O)O)c4)cc3)c12. The lowest BCUT2D eigenvalue weighted by molar-refractivity contribution is -0.130. The number of benzene rings is 2. The van der Waals surface area contributed by atoms with Crippen LogP contribution in [0.1, 0.15) is 30.3 Å². The van der Waals surface area contributed by atoms with Crippen LogP contribution >= 0.6 is 0 Å². The molecular weight excluding hydrogens is 430 g/mol. The minimum atomic E-state index is -1.14. The molecule has 0 unspecified atom stereocenters. The van der Waals surface area contributed by atoms with Gasteiger partial charge in [0.15, 0.2) is 0 Å². The predicted octanol–water partition coefficient (Wildman–Crippen LogP) is 3.83. The molecule has 1 fully saturated rings. The smallest absolute Gasteiger partial charge is 0.381 e. The van der Waals surface area contributed by atoms with E-state index >= 15 is 0 Å². The Morgan fingerprint density at radius 2 is 2.09 bits per heavy atom. The zero-order chi connectivity index (χ0) is 23.5. The third-order valence-electron chi connectivity index (χ3n) is 5.73. The first kappa shape index (κ1) is 21.5. The zero-order valence-electron chi connectivity index (χ0n) is 18.4. The second-order valence-electron chi connectivity index (χ2n) is 8.06. The van der Waals surface area contributed by atoms with Gasteiger partial charge in [-0.3, -0.25) is 4.40 Å². The number of carbonyl (C=O) groups is 1. The Morgan fingerprint density at radius 3 is 2.85 bits per heavy atom. The van der Waals surface area contributed by atoms with Crippen LogP contribution in [0.15, 0.2) is 60.9 Å². The van der Waals surface area contributed by atoms with E-state index in [-0.39, 0.29) is 6.04 Å². The van der Waals surface area contributed by atoms with Crippen LogP contribution in [-0.2, 0) is 11.2 Å². The van der Waals surface area contributed by atoms with Gasteiger partial charge in [-0.05, 0) is 61.3 Å². The van der Waals surface area contributed by atoms with Gasteiger partial charge < -0.3 is 20.9 Å². The van der Waals surface area contributed by atoms with Crippen molar-refractivity contribution in [1.29, 1.82) is 0 Å². The highest BCUT2D eigenvalue weighted by atomic mass is 16.5. The summed E-state index contributed by atoms with van der Waals surface area (Å²) in [7, 11) is 0. The maximum absolute atomic E-state index is 10.6. The predicted molar refractivity (Wildman–Crippen MR) is 128 cm³/mol. The van der Waals surface area contributed by atoms with Crippen LogP contribution in [0.3, 0.4) is 0 Å². The monoisotopic (exact) mass is 453 g/mol. The molecule has 8 heteroatoms. The van der Waals surface area contributed by atoms with Crippen molar-refractivity contribution < 1.29 is 14.6 Å². The molecule has 5 rings (SSSR count). The van der Waals surface area contributed by atoms with Gasteiger partial charge >= 0.3 is 5.97 Å². The summed E-state index contributed by atoms with van der Waals surface area (Å²) in [5.74, 6) is 6.32. The van der Waals surface area contributed by atoms with Gasteiger partial charge in [0, 0.05) is 30.3 Å². The third kappa shape index (κ3) is 4.42. The van der Waals surface area contributed by atoms with Crippen molar-refractivity contribution in [2.24, 2.45) is 0 Å². The van der Waals surface area contributed by atoms with E-state index in [4.69, 9.17) is 20.6 Å². The number of aromatic nitrogens is 3. The minimum Gasteiger partial charge on any atom is -0.472 e. The average molecular weight is 454 g/mol. The fraction of sp³-hybridized carbons (Fsp3) is 0.192. The Bertz CT molecular complexity index is 1410. The van der Waals surface area contributed by atoms with Crippen molar-refractivity contribution in [2.75, 3.05) is 12.3 Å². The molecule has 0 bridgehead atoms. The number of nitrogen functional groups attached to an aromatic ring is 1. The van der Waals surface area contributed by atoms with Gasteiger partial charge in [0.25, 0.3) is 0 Å². The fourth-order valence-electron chi connectivity index (χ4n) is 4.20. The number of aliphatic carboxylic acids is 1. The summed E-state index contributed by atoms with van der Waals surface area (Å²) in [4.78, 5) is 19.8. The molecule has 1 aliphatic heterocycles. The van der Waals surface area contributed by atoms with E-state index in [1.54, 1.807) is 6.20 Å². The van der Waals surface area contributed by atoms with Crippen LogP contribution in [0.5, 0.6) is 11.5 Å². The molecule has 1 saturated heterocycles. The molecular formula is C26H23N5O3. The third-order valence-corrected chi connectivity index (χ3v) is 5.73. The average Bonchev–Trinajstić information content (AvgIpc) is 3.48. The Morgan fingerprint density at radius 1 is 1.24 bits per heavy atom. The van der Waals surface area contributed by atoms with Gasteiger partial charge in [-0.1, -0.05) is 18.1 Å². The fourth-order valence-corrected chi connectivity index (χ4v) is 4.20. The number of imidazole rings is 1. The number of fused-ring (bicyclic) bond motifs is 1. The van der Waals surface area contributed by atoms with Gasteiger partial charge in [-0.2, -0.15) is 0 Å². The Labute approximate surface area is 196 Å². The number of carboxylic acid groups (broad SMARTS) is 1. The number of anilines is 1. The van der Waals surface area contributed by atoms with Crippen LogP contribution in [0, 0.1) is 11.8 Å². The molecule has 0 saturated carbocycles. The normalized spacial score (nSPS) is 15.1. The summed E-state index contributed by atoms with van der Waals surface area (Å²) < 4.78 is 8.03. The van der Waals surface area contributed by atoms with Gasteiger partial charge in [0.05, 0.1) is 6.04 Å². The lowest BCUT2D eigenvalue weighted by atomic mass is 10.1. The number of hydrogen-bond donors (Lipinski definition) is 3. The van der Waals surface area contributed by atoms with Crippen LogP contribution in [0.2, 0.25) is 0 Å². The first-order chi connectivity index (χ1) is 16.6. The second-order valence-corrected chi connectivity index (χ2v) is 8.06. The zero-order valence-corrected chi connectivity index (χ0v) is 18.4. The molecule has 0 amide bonds. The van der Waals surface area contributed by atoms with Crippen molar-refractivity contribution in [3.63, 3.8) is 0 Å². The minimum absolute atomic E-state index is 0.193. The lowest BCUT2D eigenvalue weighted by Gasteiger charge is -2.08. The molecule has 34 heavy (non-hydrogen) atoms. The summed E-state index contributed by atoms with van der Waals surface area (Å²) in [6.45, 7) is 0.981. The summed E-state index contributed by atoms with van der Waals surface area (Å²) in [5.41, 5.74) is 9.64. The lowest BCUT2D eigenvalue weighted by Crippen LogP contribution is -2.15. The van der Waals surface area contributed by atoms with E-state index in [2.05, 4.69) is 22.1 Å². The highest BCUT2D eigenvalue weighted by Crippen LogP contribution is 2.33. The van der Waals surface area contributed by atoms with Crippen molar-refractivity contribution in [3.8, 4) is 34.6 Å². The molecule has 1 aliphatic rings. The first-order valence-corrected chi connectivity index (χ1v) is 11.0. The Balaban J connectivity index is 1.40. The maximum atomic E-state index is 10.6. The molecule has 8 nitrogen and oxygen atoms in total. The van der Waals surface area contributed by atoms with Crippen molar-refractivity contribution in [3.05, 3.63) is 72.3 Å². The van der Waals surface area contributed by atoms with E-state index in [1.807, 2.05) is 59.1 Å². The molecule has 0 spiro atoms. The number of nitrogens with two attached hydrogens (primary N) is 1. The van der Waals surface area contributed by atoms with Gasteiger partial charge in [-0.25, -0.2) is 14.8 Å². The Hall–Kier alpha value is -4.35. The van der Waals surface area contributed by atoms with Crippen LogP contribution in [0.25, 0.3) is 16.8 Å². The standard InChI is InChI=1S/C26H23N5O3/c27-25-24-23(30-26(21-7-3-13-28-21)31(24)15-14-29-25)18-9-11-19(12-10-18)34-20-6-1-4-17(16-20)5-2-8-22(32)33/h1,4,6,9-12,14-16,21,28H,3,5,7,13H2,(H2,27,29)(H,32,33)/t21-/m0/s1. The van der Waals surface area contributed by atoms with Crippen molar-refractivity contribution in [2.45, 2.75) is 25.3 Å². The number of rotatable bonds is 5. The summed E-state index contributed by atoms with van der Waals surface area (Å²) in [5, 5.41) is 12.2. The summed E-state index contributed by atoms with van der Waals surface area (Å²) in [6.07, 6.45) is 6.10. The molecule has 0 aliphatic carbocycles. The van der Waals surface area contributed by atoms with E-state index in [0.29, 0.717) is 23.7 Å². The molecule has 2 aromatic carbocycles. The number of nitrogens with zero attached hydrogens (tertiary/aromatic N) is 3. The van der Waals surface area contributed by atoms with E-state index in [0.717, 1.165) is 47.5 Å². The van der Waals surface area contributed by atoms with Crippen LogP contribution < -0.4 is 15.8 Å². The Kier molecular flexibility index (Phi) is 5.85. The first-order valence-electron chi connectivity index (χ1n) is 11.0. The molecule has 1 atom stereocenters. The number of nitrogens with one attached hydrogen (secondary N) is 1. The van der Waals surface area contributed by atoms with E-state index in [1.165, 1.54) is 0 Å². The van der Waals surface area contributed by atoms with Crippen LogP contribution in [0.4, 0.5) is 5.82 Å². The van der Waals surface area contributed by atoms with Crippen LogP contribution in [-0.4, -0.2) is 32.0 Å². The largest absolute Gasteiger partial charge is 0.472 e. The maximum Gasteiger partial charge on any atom is 0.381 e. The van der Waals surface area contributed by atoms with Gasteiger partial charge in [0.2, 0.25) is 0 Å². The molecule has 2 aromatic heterocycles. The summed E-state index contributed by atoms with van der Waals surface area (Å²) >= 11 is 0. The quantitative estimate of drug-likeness (QED) is 0.394. The number of carboxylic acids is 1. The molecule has 3 heterocycles. The summed E-state index contributed by atoms with van der Waals surface area (Å²) in [6, 6.07) is 15.3. The molecule has 4 N–H and O–H groups in total. The van der Waals surface area contributed by atoms with E-state index in [9.17, 15) is 4.79 Å². The van der Waals surface area contributed by atoms with Gasteiger partial charge in [-0.15, -0.1) is 0 Å². The highest BCUT2D eigenvalue weighted by Gasteiger charge is 2.24. The van der Waals surface area contributed by atoms with Gasteiger partial charge in [0.1, 0.15) is 34.4 Å². The molecule has 4 aromatic rings. The number of ether oxygens (including phenoxy) is 1. The number of hydrogen-bond acceptors (Lipinski definition) is 6. The van der Waals surface area contributed by atoms with E-state index < -0.39 is 5.97 Å². The topological polar surface area (TPSA) is 115 Å². The van der Waals surface area contributed by atoms with Crippen molar-refractivity contribution in [1.82, 2.24) is 19.7 Å². The second kappa shape index (κ2) is 9.25. The molecule has 0 radical (unpaired) electrons. The molecule has 170 valence electrons. The highest BCUT2D eigenvalue weighted by molar-refractivity contribution is 5.86.